The molecule has 0 spiro atoms. The molecular formula is C16H16N4OS. The van der Waals surface area contributed by atoms with Crippen molar-refractivity contribution in [3.63, 3.8) is 0 Å². The first-order chi connectivity index (χ1) is 10.8. The number of rotatable bonds is 6. The third kappa shape index (κ3) is 3.59. The summed E-state index contributed by atoms with van der Waals surface area (Å²) in [6, 6.07) is 9.59. The average molecular weight is 312 g/mol. The summed E-state index contributed by atoms with van der Waals surface area (Å²) < 4.78 is 1.64. The topological polar surface area (TPSA) is 59.8 Å². The van der Waals surface area contributed by atoms with Gasteiger partial charge in [-0.3, -0.25) is 4.79 Å². The number of aryl methyl sites for hydroxylation is 1. The third-order valence-corrected chi connectivity index (χ3v) is 4.13. The van der Waals surface area contributed by atoms with Crippen LogP contribution in [0.15, 0.2) is 54.3 Å². The molecule has 0 radical (unpaired) electrons. The zero-order chi connectivity index (χ0) is 15.2. The van der Waals surface area contributed by atoms with Gasteiger partial charge in [-0.2, -0.15) is 5.10 Å². The maximum atomic E-state index is 12.1. The molecule has 1 amide bonds. The fraction of sp³-hybridized carbons (Fsp3) is 0.188. The molecule has 0 saturated carbocycles. The van der Waals surface area contributed by atoms with Crippen LogP contribution in [0.1, 0.15) is 17.7 Å². The van der Waals surface area contributed by atoms with Gasteiger partial charge >= 0.3 is 0 Å². The van der Waals surface area contributed by atoms with Crippen LogP contribution in [0.3, 0.4) is 0 Å². The Morgan fingerprint density at radius 1 is 1.23 bits per heavy atom. The van der Waals surface area contributed by atoms with E-state index in [0.717, 1.165) is 12.8 Å². The van der Waals surface area contributed by atoms with Crippen LogP contribution in [0.25, 0.3) is 5.82 Å². The molecule has 0 aliphatic carbocycles. The number of anilines is 1. The monoisotopic (exact) mass is 312 g/mol. The number of aromatic nitrogens is 3. The molecule has 0 aliphatic rings. The summed E-state index contributed by atoms with van der Waals surface area (Å²) in [6.07, 6.45) is 7.43. The number of hydrogen-bond donors (Lipinski definition) is 1. The largest absolute Gasteiger partial charge is 0.323 e. The van der Waals surface area contributed by atoms with Crippen LogP contribution in [0, 0.1) is 0 Å². The van der Waals surface area contributed by atoms with Crippen molar-refractivity contribution in [1.82, 2.24) is 14.8 Å². The molecule has 6 heteroatoms. The van der Waals surface area contributed by atoms with Gasteiger partial charge in [0.05, 0.1) is 5.69 Å². The zero-order valence-corrected chi connectivity index (χ0v) is 12.8. The fourth-order valence-electron chi connectivity index (χ4n) is 2.16. The van der Waals surface area contributed by atoms with Crippen molar-refractivity contribution >= 4 is 22.9 Å². The van der Waals surface area contributed by atoms with E-state index in [0.29, 0.717) is 17.9 Å². The zero-order valence-electron chi connectivity index (χ0n) is 12.0. The van der Waals surface area contributed by atoms with Gasteiger partial charge in [0.25, 0.3) is 0 Å². The Morgan fingerprint density at radius 3 is 2.95 bits per heavy atom. The lowest BCUT2D eigenvalue weighted by molar-refractivity contribution is -0.116. The Hall–Kier alpha value is -2.47. The average Bonchev–Trinajstić information content (AvgIpc) is 3.21. The Bertz CT molecular complexity index is 722. The molecule has 0 bridgehead atoms. The van der Waals surface area contributed by atoms with Crippen LogP contribution in [-0.2, 0) is 11.2 Å². The van der Waals surface area contributed by atoms with Crippen LogP contribution in [0.5, 0.6) is 0 Å². The molecule has 0 saturated heterocycles. The van der Waals surface area contributed by atoms with Crippen LogP contribution >= 0.6 is 11.3 Å². The number of nitrogens with one attached hydrogen (secondary N) is 1. The normalized spacial score (nSPS) is 10.5. The van der Waals surface area contributed by atoms with E-state index in [1.807, 2.05) is 18.2 Å². The molecule has 3 heterocycles. The molecule has 3 rings (SSSR count). The van der Waals surface area contributed by atoms with Gasteiger partial charge in [-0.1, -0.05) is 6.07 Å². The molecule has 22 heavy (non-hydrogen) atoms. The van der Waals surface area contributed by atoms with Crippen molar-refractivity contribution in [3.8, 4) is 5.82 Å². The molecule has 0 fully saturated rings. The molecule has 0 atom stereocenters. The first-order valence-electron chi connectivity index (χ1n) is 7.10. The van der Waals surface area contributed by atoms with Crippen LogP contribution in [0.4, 0.5) is 5.69 Å². The standard InChI is InChI=1S/C16H16N4OS/c21-15(8-1-5-13-6-3-12-22-13)19-14-7-2-9-17-16(14)20-11-4-10-18-20/h2-4,6-7,9-12H,1,5,8H2,(H,19,21). The molecule has 5 nitrogen and oxygen atoms in total. The van der Waals surface area contributed by atoms with E-state index in [9.17, 15) is 4.79 Å². The SMILES string of the molecule is O=C(CCCc1cccs1)Nc1cccnc1-n1cccn1. The van der Waals surface area contributed by atoms with E-state index >= 15 is 0 Å². The molecule has 0 aromatic carbocycles. The summed E-state index contributed by atoms with van der Waals surface area (Å²) in [4.78, 5) is 17.7. The van der Waals surface area contributed by atoms with E-state index in [4.69, 9.17) is 0 Å². The lowest BCUT2D eigenvalue weighted by Crippen LogP contribution is -2.14. The summed E-state index contributed by atoms with van der Waals surface area (Å²) in [7, 11) is 0. The number of thiophene rings is 1. The minimum absolute atomic E-state index is 0.00189. The lowest BCUT2D eigenvalue weighted by atomic mass is 10.2. The van der Waals surface area contributed by atoms with Gasteiger partial charge in [0, 0.05) is 29.9 Å². The van der Waals surface area contributed by atoms with Crippen molar-refractivity contribution in [3.05, 3.63) is 59.2 Å². The Kier molecular flexibility index (Phi) is 4.60. The fourth-order valence-corrected chi connectivity index (χ4v) is 2.91. The van der Waals surface area contributed by atoms with Crippen LogP contribution in [0.2, 0.25) is 0 Å². The molecule has 0 aliphatic heterocycles. The summed E-state index contributed by atoms with van der Waals surface area (Å²) in [5.74, 6) is 0.622. The van der Waals surface area contributed by atoms with E-state index in [1.54, 1.807) is 40.7 Å². The summed E-state index contributed by atoms with van der Waals surface area (Å²) >= 11 is 1.73. The molecular weight excluding hydrogens is 296 g/mol. The summed E-state index contributed by atoms with van der Waals surface area (Å²) in [5.41, 5.74) is 0.673. The predicted octanol–water partition coefficient (Wildman–Crippen LogP) is 3.29. The summed E-state index contributed by atoms with van der Waals surface area (Å²) in [6.45, 7) is 0. The van der Waals surface area contributed by atoms with Crippen molar-refractivity contribution in [2.75, 3.05) is 5.32 Å². The number of nitrogens with zero attached hydrogens (tertiary/aromatic N) is 3. The highest BCUT2D eigenvalue weighted by atomic mass is 32.1. The quantitative estimate of drug-likeness (QED) is 0.760. The second kappa shape index (κ2) is 7.00. The smallest absolute Gasteiger partial charge is 0.224 e. The van der Waals surface area contributed by atoms with Crippen LogP contribution < -0.4 is 5.32 Å². The second-order valence-corrected chi connectivity index (χ2v) is 5.84. The Labute approximate surface area is 132 Å². The van der Waals surface area contributed by atoms with Gasteiger partial charge < -0.3 is 5.32 Å². The molecule has 3 aromatic rings. The molecule has 0 unspecified atom stereocenters. The summed E-state index contributed by atoms with van der Waals surface area (Å²) in [5, 5.41) is 9.13. The van der Waals surface area contributed by atoms with E-state index in [-0.39, 0.29) is 5.91 Å². The highest BCUT2D eigenvalue weighted by Crippen LogP contribution is 2.17. The van der Waals surface area contributed by atoms with Gasteiger partial charge in [0.15, 0.2) is 5.82 Å². The number of carbonyl (C=O) groups excluding carboxylic acids is 1. The number of amides is 1. The van der Waals surface area contributed by atoms with E-state index in [2.05, 4.69) is 26.8 Å². The Morgan fingerprint density at radius 2 is 2.18 bits per heavy atom. The Balaban J connectivity index is 1.60. The van der Waals surface area contributed by atoms with E-state index in [1.165, 1.54) is 4.88 Å². The lowest BCUT2D eigenvalue weighted by Gasteiger charge is -2.09. The van der Waals surface area contributed by atoms with Gasteiger partial charge in [-0.25, -0.2) is 9.67 Å². The number of carbonyl (C=O) groups is 1. The van der Waals surface area contributed by atoms with Crippen molar-refractivity contribution < 1.29 is 4.79 Å². The minimum atomic E-state index is -0.00189. The number of hydrogen-bond acceptors (Lipinski definition) is 4. The second-order valence-electron chi connectivity index (χ2n) is 4.81. The molecule has 1 N–H and O–H groups in total. The molecule has 3 aromatic heterocycles. The predicted molar refractivity (Wildman–Crippen MR) is 87.2 cm³/mol. The van der Waals surface area contributed by atoms with Crippen molar-refractivity contribution in [2.45, 2.75) is 19.3 Å². The van der Waals surface area contributed by atoms with Crippen molar-refractivity contribution in [2.24, 2.45) is 0 Å². The first-order valence-corrected chi connectivity index (χ1v) is 7.98. The van der Waals surface area contributed by atoms with Crippen LogP contribution in [-0.4, -0.2) is 20.7 Å². The van der Waals surface area contributed by atoms with E-state index < -0.39 is 0 Å². The molecule has 112 valence electrons. The van der Waals surface area contributed by atoms with Gasteiger partial charge in [0.1, 0.15) is 0 Å². The maximum absolute atomic E-state index is 12.1. The van der Waals surface area contributed by atoms with Crippen molar-refractivity contribution in [1.29, 1.82) is 0 Å². The van der Waals surface area contributed by atoms with Gasteiger partial charge in [0.2, 0.25) is 5.91 Å². The third-order valence-electron chi connectivity index (χ3n) is 3.19. The maximum Gasteiger partial charge on any atom is 0.224 e. The number of pyridine rings is 1. The van der Waals surface area contributed by atoms with Gasteiger partial charge in [-0.15, -0.1) is 11.3 Å². The highest BCUT2D eigenvalue weighted by molar-refractivity contribution is 7.09. The highest BCUT2D eigenvalue weighted by Gasteiger charge is 2.09. The van der Waals surface area contributed by atoms with Gasteiger partial charge in [-0.05, 0) is 42.5 Å². The first kappa shape index (κ1) is 14.5. The minimum Gasteiger partial charge on any atom is -0.323 e.